The van der Waals surface area contributed by atoms with Gasteiger partial charge in [-0.3, -0.25) is 9.59 Å². The number of nitrogens with two attached hydrogens (primary N) is 3. The minimum Gasteiger partial charge on any atom is -0.345 e. The topological polar surface area (TPSA) is 137 Å². The van der Waals surface area contributed by atoms with Crippen LogP contribution >= 0.6 is 61.0 Å². The van der Waals surface area contributed by atoms with Crippen molar-refractivity contribution in [2.45, 2.75) is 44.2 Å². The van der Waals surface area contributed by atoms with Gasteiger partial charge in [0.15, 0.2) is 5.78 Å². The van der Waals surface area contributed by atoms with E-state index in [1.165, 1.54) is 11.3 Å². The van der Waals surface area contributed by atoms with Crippen LogP contribution in [0.5, 0.6) is 0 Å². The molecule has 3 aromatic rings. The minimum absolute atomic E-state index is 0. The molecular formula is C28H45Cl4N6O2S+. The van der Waals surface area contributed by atoms with Crippen molar-refractivity contribution in [2.24, 2.45) is 17.2 Å². The Kier molecular flexibility index (Phi) is 21.5. The van der Waals surface area contributed by atoms with Crippen LogP contribution in [0.2, 0.25) is 0 Å². The molecule has 1 heterocycles. The normalized spacial score (nSPS) is 12.1. The molecule has 7 N–H and O–H groups in total. The summed E-state index contributed by atoms with van der Waals surface area (Å²) in [5.74, 6) is -0.340. The molecule has 13 heteroatoms. The van der Waals surface area contributed by atoms with E-state index in [0.717, 1.165) is 51.3 Å². The van der Waals surface area contributed by atoms with Crippen LogP contribution < -0.4 is 22.5 Å². The molecule has 0 saturated heterocycles. The number of aryl methyl sites for hydroxylation is 1. The number of fused-ring (bicyclic) bond motifs is 1. The lowest BCUT2D eigenvalue weighted by atomic mass is 9.99. The maximum absolute atomic E-state index is 13.3. The molecule has 0 radical (unpaired) electrons. The number of carbonyl (C=O) groups excluding carboxylic acids is 2. The summed E-state index contributed by atoms with van der Waals surface area (Å²) in [6, 6.07) is 16.5. The van der Waals surface area contributed by atoms with E-state index in [-0.39, 0.29) is 67.7 Å². The predicted molar refractivity (Wildman–Crippen MR) is 180 cm³/mol. The molecule has 1 amide bonds. The SMILES string of the molecule is C[N+](CCN)(CCN)CCC[C@H](N)C(=O)N[C@H](CCc1ccccc1)C(=O)Cc1nc2ccccc2s1.Cl.Cl.Cl.Cl. The molecule has 3 rings (SSSR count). The van der Waals surface area contributed by atoms with E-state index in [0.29, 0.717) is 32.4 Å². The van der Waals surface area contributed by atoms with E-state index >= 15 is 0 Å². The molecule has 232 valence electrons. The molecular weight excluding hydrogens is 626 g/mol. The lowest BCUT2D eigenvalue weighted by Gasteiger charge is -2.34. The third-order valence-corrected chi connectivity index (χ3v) is 7.86. The number of para-hydroxylation sites is 1. The number of hydrogen-bond donors (Lipinski definition) is 4. The van der Waals surface area contributed by atoms with Gasteiger partial charge in [0, 0.05) is 13.1 Å². The van der Waals surface area contributed by atoms with Crippen molar-refractivity contribution >= 4 is 82.9 Å². The molecule has 0 aliphatic rings. The van der Waals surface area contributed by atoms with Crippen molar-refractivity contribution in [3.63, 3.8) is 0 Å². The van der Waals surface area contributed by atoms with Crippen LogP contribution in [0.3, 0.4) is 0 Å². The Balaban J connectivity index is 0. The number of quaternary nitrogens is 1. The quantitative estimate of drug-likeness (QED) is 0.172. The lowest BCUT2D eigenvalue weighted by Crippen LogP contribution is -2.52. The summed E-state index contributed by atoms with van der Waals surface area (Å²) >= 11 is 1.52. The second kappa shape index (κ2) is 21.2. The van der Waals surface area contributed by atoms with Crippen molar-refractivity contribution in [3.8, 4) is 0 Å². The number of hydrogen-bond acceptors (Lipinski definition) is 7. The number of benzene rings is 2. The molecule has 0 fully saturated rings. The first-order valence-electron chi connectivity index (χ1n) is 13.0. The van der Waals surface area contributed by atoms with Crippen LogP contribution in [0.15, 0.2) is 54.6 Å². The Morgan fingerprint density at radius 3 is 2.12 bits per heavy atom. The second-order valence-corrected chi connectivity index (χ2v) is 11.0. The summed E-state index contributed by atoms with van der Waals surface area (Å²) in [5.41, 5.74) is 19.8. The second-order valence-electron chi connectivity index (χ2n) is 9.92. The largest absolute Gasteiger partial charge is 0.345 e. The van der Waals surface area contributed by atoms with Gasteiger partial charge in [-0.15, -0.1) is 61.0 Å². The smallest absolute Gasteiger partial charge is 0.237 e. The highest BCUT2D eigenvalue weighted by Crippen LogP contribution is 2.22. The molecule has 0 unspecified atom stereocenters. The van der Waals surface area contributed by atoms with Crippen molar-refractivity contribution in [1.29, 1.82) is 0 Å². The first-order valence-corrected chi connectivity index (χ1v) is 13.9. The van der Waals surface area contributed by atoms with E-state index in [4.69, 9.17) is 17.2 Å². The third-order valence-electron chi connectivity index (χ3n) is 6.82. The number of nitrogens with zero attached hydrogens (tertiary/aromatic N) is 2. The number of amides is 1. The third kappa shape index (κ3) is 13.5. The van der Waals surface area contributed by atoms with Crippen molar-refractivity contribution in [2.75, 3.05) is 39.8 Å². The van der Waals surface area contributed by atoms with E-state index < -0.39 is 12.1 Å². The fraction of sp³-hybridized carbons (Fsp3) is 0.464. The maximum Gasteiger partial charge on any atom is 0.237 e. The van der Waals surface area contributed by atoms with Gasteiger partial charge in [0.1, 0.15) is 5.01 Å². The molecule has 41 heavy (non-hydrogen) atoms. The van der Waals surface area contributed by atoms with Gasteiger partial charge in [-0.2, -0.15) is 0 Å². The first-order chi connectivity index (χ1) is 17.8. The number of Topliss-reactive ketones (excluding diaryl/α,β-unsaturated/α-hetero) is 1. The summed E-state index contributed by atoms with van der Waals surface area (Å²) in [6.45, 7) is 3.69. The average Bonchev–Trinajstić information content (AvgIpc) is 3.29. The number of halogens is 4. The number of carbonyl (C=O) groups is 2. The van der Waals surface area contributed by atoms with Crippen LogP contribution in [0.4, 0.5) is 0 Å². The zero-order chi connectivity index (χ0) is 26.7. The van der Waals surface area contributed by atoms with Gasteiger partial charge in [-0.05, 0) is 43.4 Å². The highest BCUT2D eigenvalue weighted by Gasteiger charge is 2.26. The van der Waals surface area contributed by atoms with Gasteiger partial charge in [0.05, 0.1) is 55.4 Å². The standard InChI is InChI=1S/C28H40N6O2S.4ClH/c1-34(18-15-29,19-16-30)17-7-10-22(31)28(36)33-23(14-13-21-8-3-2-4-9-21)25(35)20-27-32-24-11-5-6-12-26(24)37-27;;;;/h2-6,8-9,11-12,22-23H,7,10,13-20,29-31H2,1H3;4*1H/p+1/t22-,23+;;;;/m0..../s1. The van der Waals surface area contributed by atoms with Gasteiger partial charge < -0.3 is 27.0 Å². The Hall–Kier alpha value is -1.53. The Bertz CT molecular complexity index is 1120. The van der Waals surface area contributed by atoms with Gasteiger partial charge in [0.25, 0.3) is 0 Å². The van der Waals surface area contributed by atoms with Gasteiger partial charge in [0.2, 0.25) is 5.91 Å². The highest BCUT2D eigenvalue weighted by molar-refractivity contribution is 7.18. The van der Waals surface area contributed by atoms with Crippen LogP contribution in [0, 0.1) is 0 Å². The first kappa shape index (κ1) is 41.6. The molecule has 0 saturated carbocycles. The van der Waals surface area contributed by atoms with Crippen LogP contribution in [-0.4, -0.2) is 73.0 Å². The van der Waals surface area contributed by atoms with E-state index in [9.17, 15) is 9.59 Å². The van der Waals surface area contributed by atoms with Crippen LogP contribution in [-0.2, 0) is 22.4 Å². The summed E-state index contributed by atoms with van der Waals surface area (Å²) in [4.78, 5) is 31.0. The average molecular weight is 672 g/mol. The molecule has 2 aromatic carbocycles. The van der Waals surface area contributed by atoms with E-state index in [1.54, 1.807) is 0 Å². The number of aromatic nitrogens is 1. The zero-order valence-electron chi connectivity index (χ0n) is 23.4. The summed E-state index contributed by atoms with van der Waals surface area (Å²) in [6.07, 6.45) is 2.68. The van der Waals surface area contributed by atoms with Crippen molar-refractivity contribution in [1.82, 2.24) is 10.3 Å². The number of ketones is 1. The number of likely N-dealkylation sites (N-methyl/N-ethyl adjacent to an activating group) is 1. The summed E-state index contributed by atoms with van der Waals surface area (Å²) in [7, 11) is 2.13. The molecule has 0 bridgehead atoms. The van der Waals surface area contributed by atoms with Gasteiger partial charge >= 0.3 is 0 Å². The van der Waals surface area contributed by atoms with Crippen molar-refractivity contribution in [3.05, 3.63) is 65.2 Å². The number of nitrogens with one attached hydrogen (secondary N) is 1. The molecule has 0 aliphatic carbocycles. The van der Waals surface area contributed by atoms with Crippen LogP contribution in [0.1, 0.15) is 29.8 Å². The highest BCUT2D eigenvalue weighted by atomic mass is 35.5. The predicted octanol–water partition coefficient (Wildman–Crippen LogP) is 3.68. The van der Waals surface area contributed by atoms with Crippen LogP contribution in [0.25, 0.3) is 10.2 Å². The Morgan fingerprint density at radius 1 is 0.902 bits per heavy atom. The molecule has 2 atom stereocenters. The molecule has 1 aromatic heterocycles. The molecule has 0 spiro atoms. The molecule has 0 aliphatic heterocycles. The number of thiazole rings is 1. The number of rotatable bonds is 16. The minimum atomic E-state index is -0.682. The fourth-order valence-electron chi connectivity index (χ4n) is 4.60. The van der Waals surface area contributed by atoms with Gasteiger partial charge in [-0.25, -0.2) is 4.98 Å². The summed E-state index contributed by atoms with van der Waals surface area (Å²) < 4.78 is 1.81. The van der Waals surface area contributed by atoms with Gasteiger partial charge in [-0.1, -0.05) is 42.5 Å². The lowest BCUT2D eigenvalue weighted by molar-refractivity contribution is -0.907. The molecule has 8 nitrogen and oxygen atoms in total. The monoisotopic (exact) mass is 669 g/mol. The Morgan fingerprint density at radius 2 is 1.51 bits per heavy atom. The van der Waals surface area contributed by atoms with Crippen molar-refractivity contribution < 1.29 is 14.1 Å². The van der Waals surface area contributed by atoms with E-state index in [1.807, 2.05) is 54.6 Å². The maximum atomic E-state index is 13.3. The summed E-state index contributed by atoms with van der Waals surface area (Å²) in [5, 5.41) is 3.71. The zero-order valence-corrected chi connectivity index (χ0v) is 27.5. The Labute approximate surface area is 272 Å². The fourth-order valence-corrected chi connectivity index (χ4v) is 5.58. The van der Waals surface area contributed by atoms with E-state index in [2.05, 4.69) is 17.3 Å².